The first kappa shape index (κ1) is 20.8. The molecule has 0 amide bonds. The fraction of sp³-hybridized carbons (Fsp3) is 0.174. The van der Waals surface area contributed by atoms with Gasteiger partial charge in [-0.2, -0.15) is 4.31 Å². The molecule has 1 N–H and O–H groups in total. The zero-order valence-electron chi connectivity index (χ0n) is 16.2. The molecular weight excluding hydrogens is 386 g/mol. The molecule has 3 aromatic carbocycles. The minimum atomic E-state index is -3.73. The Morgan fingerprint density at radius 2 is 1.45 bits per heavy atom. The van der Waals surface area contributed by atoms with E-state index >= 15 is 0 Å². The summed E-state index contributed by atoms with van der Waals surface area (Å²) in [6.45, 7) is 2.43. The van der Waals surface area contributed by atoms with Crippen molar-refractivity contribution >= 4 is 16.0 Å². The van der Waals surface area contributed by atoms with Crippen molar-refractivity contribution in [2.45, 2.75) is 31.3 Å². The van der Waals surface area contributed by atoms with Crippen molar-refractivity contribution in [2.24, 2.45) is 0 Å². The van der Waals surface area contributed by atoms with Crippen LogP contribution in [0.1, 0.15) is 34.0 Å². The monoisotopic (exact) mass is 409 g/mol. The van der Waals surface area contributed by atoms with Crippen molar-refractivity contribution in [3.05, 3.63) is 101 Å². The number of sulfonamides is 1. The molecule has 6 heteroatoms. The van der Waals surface area contributed by atoms with Crippen LogP contribution in [0.25, 0.3) is 0 Å². The fourth-order valence-electron chi connectivity index (χ4n) is 3.08. The van der Waals surface area contributed by atoms with Gasteiger partial charge in [0, 0.05) is 13.1 Å². The molecule has 0 bridgehead atoms. The Labute approximate surface area is 171 Å². The number of benzene rings is 3. The molecular formula is C23H23NO4S. The van der Waals surface area contributed by atoms with Crippen LogP contribution in [0.15, 0.2) is 83.8 Å². The van der Waals surface area contributed by atoms with Crippen molar-refractivity contribution in [3.8, 4) is 0 Å². The molecule has 150 valence electrons. The number of hydrogen-bond acceptors (Lipinski definition) is 3. The Kier molecular flexibility index (Phi) is 6.46. The van der Waals surface area contributed by atoms with E-state index in [2.05, 4.69) is 6.92 Å². The molecule has 0 aliphatic carbocycles. The first-order chi connectivity index (χ1) is 13.9. The van der Waals surface area contributed by atoms with Gasteiger partial charge in [0.2, 0.25) is 10.0 Å². The summed E-state index contributed by atoms with van der Waals surface area (Å²) in [4.78, 5) is 11.3. The predicted octanol–water partition coefficient (Wildman–Crippen LogP) is 4.34. The average Bonchev–Trinajstić information content (AvgIpc) is 2.74. The van der Waals surface area contributed by atoms with Gasteiger partial charge in [-0.25, -0.2) is 13.2 Å². The first-order valence-corrected chi connectivity index (χ1v) is 10.8. The maximum absolute atomic E-state index is 13.3. The first-order valence-electron chi connectivity index (χ1n) is 9.35. The second kappa shape index (κ2) is 9.03. The molecule has 3 rings (SSSR count). The molecule has 0 aromatic heterocycles. The molecule has 0 fully saturated rings. The Hall–Kier alpha value is -2.96. The number of carboxylic acids is 1. The van der Waals surface area contributed by atoms with E-state index in [1.165, 1.54) is 16.4 Å². The van der Waals surface area contributed by atoms with Crippen LogP contribution in [0.4, 0.5) is 0 Å². The van der Waals surface area contributed by atoms with Crippen molar-refractivity contribution in [1.29, 1.82) is 0 Å². The highest BCUT2D eigenvalue weighted by Gasteiger charge is 2.25. The molecule has 0 aliphatic rings. The van der Waals surface area contributed by atoms with Gasteiger partial charge in [-0.05, 0) is 47.4 Å². The third-order valence-electron chi connectivity index (χ3n) is 4.70. The number of nitrogens with zero attached hydrogens (tertiary/aromatic N) is 1. The number of hydrogen-bond donors (Lipinski definition) is 1. The molecule has 0 saturated heterocycles. The van der Waals surface area contributed by atoms with E-state index in [0.717, 1.165) is 23.1 Å². The molecule has 0 radical (unpaired) electrons. The van der Waals surface area contributed by atoms with Crippen LogP contribution in [0.2, 0.25) is 0 Å². The van der Waals surface area contributed by atoms with Crippen LogP contribution >= 0.6 is 0 Å². The third-order valence-corrected chi connectivity index (χ3v) is 6.51. The molecule has 0 aliphatic heterocycles. The van der Waals surface area contributed by atoms with E-state index in [1.807, 2.05) is 24.3 Å². The highest BCUT2D eigenvalue weighted by Crippen LogP contribution is 2.22. The summed E-state index contributed by atoms with van der Waals surface area (Å²) >= 11 is 0. The molecule has 0 saturated carbocycles. The minimum absolute atomic E-state index is 0.146. The highest BCUT2D eigenvalue weighted by molar-refractivity contribution is 7.89. The summed E-state index contributed by atoms with van der Waals surface area (Å²) in [6, 6.07) is 22.5. The van der Waals surface area contributed by atoms with Crippen LogP contribution in [0.5, 0.6) is 0 Å². The second-order valence-corrected chi connectivity index (χ2v) is 8.70. The second-order valence-electron chi connectivity index (χ2n) is 6.76. The van der Waals surface area contributed by atoms with Crippen molar-refractivity contribution in [3.63, 3.8) is 0 Å². The number of rotatable bonds is 8. The number of aryl methyl sites for hydroxylation is 1. The summed E-state index contributed by atoms with van der Waals surface area (Å²) in [6.07, 6.45) is 0.871. The van der Waals surface area contributed by atoms with Crippen LogP contribution in [-0.2, 0) is 29.5 Å². The number of carbonyl (C=O) groups is 1. The number of aromatic carboxylic acids is 1. The molecule has 5 nitrogen and oxygen atoms in total. The SMILES string of the molecule is CCc1cccc(CN(Cc2ccc(C(=O)O)cc2)S(=O)(=O)c2ccccc2)c1. The van der Waals surface area contributed by atoms with Crippen LogP contribution in [-0.4, -0.2) is 23.8 Å². The average molecular weight is 410 g/mol. The molecule has 29 heavy (non-hydrogen) atoms. The topological polar surface area (TPSA) is 74.7 Å². The van der Waals surface area contributed by atoms with Gasteiger partial charge in [-0.3, -0.25) is 0 Å². The van der Waals surface area contributed by atoms with Gasteiger partial charge in [0.1, 0.15) is 0 Å². The Morgan fingerprint density at radius 1 is 0.828 bits per heavy atom. The summed E-state index contributed by atoms with van der Waals surface area (Å²) in [5.74, 6) is -1.01. The van der Waals surface area contributed by atoms with Crippen LogP contribution in [0, 0.1) is 0 Å². The normalized spacial score (nSPS) is 11.5. The lowest BCUT2D eigenvalue weighted by Gasteiger charge is -2.23. The van der Waals surface area contributed by atoms with Gasteiger partial charge < -0.3 is 5.11 Å². The summed E-state index contributed by atoms with van der Waals surface area (Å²) < 4.78 is 28.0. The minimum Gasteiger partial charge on any atom is -0.478 e. The maximum Gasteiger partial charge on any atom is 0.335 e. The predicted molar refractivity (Wildman–Crippen MR) is 112 cm³/mol. The zero-order valence-corrected chi connectivity index (χ0v) is 17.0. The van der Waals surface area contributed by atoms with E-state index in [9.17, 15) is 13.2 Å². The van der Waals surface area contributed by atoms with Crippen molar-refractivity contribution < 1.29 is 18.3 Å². The maximum atomic E-state index is 13.3. The van der Waals surface area contributed by atoms with E-state index in [-0.39, 0.29) is 23.5 Å². The summed E-state index contributed by atoms with van der Waals surface area (Å²) in [5.41, 5.74) is 2.94. The van der Waals surface area contributed by atoms with Gasteiger partial charge in [0.05, 0.1) is 10.5 Å². The Balaban J connectivity index is 1.95. The Morgan fingerprint density at radius 3 is 2.07 bits per heavy atom. The largest absolute Gasteiger partial charge is 0.478 e. The van der Waals surface area contributed by atoms with Crippen molar-refractivity contribution in [1.82, 2.24) is 4.31 Å². The van der Waals surface area contributed by atoms with Gasteiger partial charge in [-0.15, -0.1) is 0 Å². The number of carboxylic acid groups (broad SMARTS) is 1. The molecule has 0 atom stereocenters. The van der Waals surface area contributed by atoms with Crippen LogP contribution in [0.3, 0.4) is 0 Å². The van der Waals surface area contributed by atoms with Crippen molar-refractivity contribution in [2.75, 3.05) is 0 Å². The molecule has 3 aromatic rings. The summed E-state index contributed by atoms with van der Waals surface area (Å²) in [7, 11) is -3.73. The third kappa shape index (κ3) is 5.10. The van der Waals surface area contributed by atoms with Crippen LogP contribution < -0.4 is 0 Å². The van der Waals surface area contributed by atoms with Gasteiger partial charge >= 0.3 is 5.97 Å². The highest BCUT2D eigenvalue weighted by atomic mass is 32.2. The van der Waals surface area contributed by atoms with E-state index in [1.54, 1.807) is 42.5 Å². The van der Waals surface area contributed by atoms with E-state index in [0.29, 0.717) is 0 Å². The standard InChI is InChI=1S/C23H23NO4S/c1-2-18-7-6-8-20(15-18)17-24(29(27,28)22-9-4-3-5-10-22)16-19-11-13-21(14-12-19)23(25)26/h3-15H,2,16-17H2,1H3,(H,25,26). The fourth-order valence-corrected chi connectivity index (χ4v) is 4.51. The van der Waals surface area contributed by atoms with Gasteiger partial charge in [0.15, 0.2) is 0 Å². The lowest BCUT2D eigenvalue weighted by atomic mass is 10.1. The smallest absolute Gasteiger partial charge is 0.335 e. The van der Waals surface area contributed by atoms with Gasteiger partial charge in [-0.1, -0.05) is 61.5 Å². The Bertz CT molecular complexity index is 1080. The molecule has 0 unspecified atom stereocenters. The lowest BCUT2D eigenvalue weighted by Crippen LogP contribution is -2.30. The summed E-state index contributed by atoms with van der Waals surface area (Å²) in [5, 5.41) is 9.07. The van der Waals surface area contributed by atoms with Gasteiger partial charge in [0.25, 0.3) is 0 Å². The molecule has 0 heterocycles. The zero-order chi connectivity index (χ0) is 20.9. The van der Waals surface area contributed by atoms with E-state index in [4.69, 9.17) is 5.11 Å². The molecule has 0 spiro atoms. The quantitative estimate of drug-likeness (QED) is 0.601. The van der Waals surface area contributed by atoms with E-state index < -0.39 is 16.0 Å². The lowest BCUT2D eigenvalue weighted by molar-refractivity contribution is 0.0697.